The van der Waals surface area contributed by atoms with Gasteiger partial charge in [-0.3, -0.25) is 29.4 Å². The molecule has 2 atom stereocenters. The van der Waals surface area contributed by atoms with Crippen LogP contribution in [-0.4, -0.2) is 138 Å². The second kappa shape index (κ2) is 31.5. The number of likely N-dealkylation sites (tertiary alicyclic amines) is 1. The summed E-state index contributed by atoms with van der Waals surface area (Å²) in [6.45, 7) is 7.74. The highest BCUT2D eigenvalue weighted by Gasteiger charge is 2.33. The zero-order chi connectivity index (χ0) is 58.6. The van der Waals surface area contributed by atoms with Gasteiger partial charge in [-0.15, -0.1) is 0 Å². The summed E-state index contributed by atoms with van der Waals surface area (Å²) in [5.74, 6) is -15.3. The number of hydrogen-bond donors (Lipinski definition) is 6. The van der Waals surface area contributed by atoms with E-state index in [4.69, 9.17) is 24.7 Å². The van der Waals surface area contributed by atoms with Crippen molar-refractivity contribution >= 4 is 46.2 Å². The molecule has 448 valence electrons. The molecule has 4 amide bonds. The van der Waals surface area contributed by atoms with Crippen LogP contribution in [0.1, 0.15) is 70.8 Å². The standard InChI is InChI=1S/C57H67F5N10O10.CH3/c1-35(2)52(68-45(74)17-23-78-26-28-80-29-27-79-24-18-46(75)82-54-50(61)48(59)47(58)49(60)51(54)62)44(73)32-39(9-7-19-64-57(63)77)56(76)67-40-14-11-36(12-15-40)33-72(20-4-3-5-21-72)22-25-81-41-10-6-8-37(30-41)53-42-31-38(55-65-34-66-71-55)13-16-43(42)69-70-53;/h6,8,10-16,30-31,34-35,39,52H,3-5,7,9,17-29,32-33H2,1-2H3,(H6-,63,64,65,66,67,68,69,70,71,74,76,77);1H3/q;-1/p+1/t39-,52+;/m1./s1. The molecule has 1 aliphatic heterocycles. The number of fused-ring (bicyclic) bond motifs is 1. The molecule has 0 saturated carbocycles. The summed E-state index contributed by atoms with van der Waals surface area (Å²) in [6, 6.07) is 20.0. The monoisotopic (exact) mass is 1160 g/mol. The van der Waals surface area contributed by atoms with E-state index in [1.54, 1.807) is 13.8 Å². The van der Waals surface area contributed by atoms with Gasteiger partial charge in [0.15, 0.2) is 11.6 Å². The number of urea groups is 1. The van der Waals surface area contributed by atoms with Gasteiger partial charge in [0.25, 0.3) is 0 Å². The number of nitrogens with one attached hydrogen (secondary N) is 5. The van der Waals surface area contributed by atoms with Crippen molar-refractivity contribution in [2.75, 3.05) is 77.7 Å². The first-order valence-corrected chi connectivity index (χ1v) is 27.1. The zero-order valence-corrected chi connectivity index (χ0v) is 46.6. The topological polar surface area (TPSA) is 264 Å². The van der Waals surface area contributed by atoms with Gasteiger partial charge >= 0.3 is 12.0 Å². The van der Waals surface area contributed by atoms with E-state index in [9.17, 15) is 45.9 Å². The van der Waals surface area contributed by atoms with Gasteiger partial charge in [0, 0.05) is 53.1 Å². The molecule has 0 unspecified atom stereocenters. The first-order chi connectivity index (χ1) is 39.5. The predicted molar refractivity (Wildman–Crippen MR) is 297 cm³/mol. The Labute approximate surface area is 477 Å². The van der Waals surface area contributed by atoms with Gasteiger partial charge in [-0.2, -0.15) is 19.0 Å². The number of quaternary nitrogens is 1. The maximum atomic E-state index is 13.9. The summed E-state index contributed by atoms with van der Waals surface area (Å²) < 4.78 is 95.1. The summed E-state index contributed by atoms with van der Waals surface area (Å²) >= 11 is 0. The third-order valence-corrected chi connectivity index (χ3v) is 13.9. The molecule has 7 N–H and O–H groups in total. The number of halogens is 5. The van der Waals surface area contributed by atoms with Crippen molar-refractivity contribution in [1.29, 1.82) is 0 Å². The smallest absolute Gasteiger partial charge is 0.313 e. The van der Waals surface area contributed by atoms with E-state index in [1.165, 1.54) is 12.7 Å². The van der Waals surface area contributed by atoms with E-state index in [0.29, 0.717) is 24.5 Å². The molecule has 83 heavy (non-hydrogen) atoms. The maximum absolute atomic E-state index is 13.9. The summed E-state index contributed by atoms with van der Waals surface area (Å²) in [5.41, 5.74) is 10.4. The van der Waals surface area contributed by atoms with E-state index in [-0.39, 0.29) is 90.5 Å². The number of nitrogens with zero attached hydrogens (tertiary/aromatic N) is 4. The van der Waals surface area contributed by atoms with Gasteiger partial charge in [-0.25, -0.2) is 22.9 Å². The van der Waals surface area contributed by atoms with Crippen molar-refractivity contribution in [2.24, 2.45) is 17.6 Å². The fourth-order valence-corrected chi connectivity index (χ4v) is 9.61. The second-order valence-electron chi connectivity index (χ2n) is 20.3. The fraction of sp³-hybridized carbons (Fsp3) is 0.431. The number of piperidine rings is 1. The van der Waals surface area contributed by atoms with Gasteiger partial charge in [-0.1, -0.05) is 38.1 Å². The Morgan fingerprint density at radius 3 is 2.10 bits per heavy atom. The molecule has 6 aromatic rings. The van der Waals surface area contributed by atoms with E-state index >= 15 is 0 Å². The number of amides is 4. The lowest BCUT2D eigenvalue weighted by Crippen LogP contribution is -2.52. The molecule has 2 aromatic heterocycles. The number of ether oxygens (including phenoxy) is 5. The molecule has 1 saturated heterocycles. The van der Waals surface area contributed by atoms with Crippen molar-refractivity contribution < 1.29 is 74.1 Å². The highest BCUT2D eigenvalue weighted by molar-refractivity contribution is 5.98. The molecule has 0 aliphatic carbocycles. The minimum absolute atomic E-state index is 0. The average molecular weight is 1160 g/mol. The molecule has 20 nitrogen and oxygen atoms in total. The van der Waals surface area contributed by atoms with Gasteiger partial charge in [0.05, 0.1) is 70.7 Å². The number of carbonyl (C=O) groups is 5. The molecular weight excluding hydrogens is 1090 g/mol. The second-order valence-corrected chi connectivity index (χ2v) is 20.3. The highest BCUT2D eigenvalue weighted by atomic mass is 19.2. The van der Waals surface area contributed by atoms with E-state index in [1.807, 2.05) is 66.7 Å². The SMILES string of the molecule is CC(C)[C@H](NC(=O)CCOCCOCCOCCC(=O)Oc1c(F)c(F)c(F)c(F)c1F)C(=O)C[C@@H](CCCNC(N)=O)C(=O)Nc1ccc(C[N+]2(CCOc3cccc(-c4n[nH]c5ccc(-c6ncn[nH]6)cc45)c3)CCCCC2)cc1.[CH3-]. The summed E-state index contributed by atoms with van der Waals surface area (Å²) in [6.07, 6.45) is 4.64. The van der Waals surface area contributed by atoms with Gasteiger partial charge in [0.2, 0.25) is 46.6 Å². The quantitative estimate of drug-likeness (QED) is 0.00340. The van der Waals surface area contributed by atoms with Crippen LogP contribution >= 0.6 is 0 Å². The Morgan fingerprint density at radius 1 is 0.759 bits per heavy atom. The molecule has 3 heterocycles. The number of carbonyl (C=O) groups excluding carboxylic acids is 5. The summed E-state index contributed by atoms with van der Waals surface area (Å²) in [5, 5.41) is 23.9. The van der Waals surface area contributed by atoms with Crippen LogP contribution < -0.4 is 31.2 Å². The summed E-state index contributed by atoms with van der Waals surface area (Å²) in [7, 11) is 0. The Bertz CT molecular complexity index is 3080. The van der Waals surface area contributed by atoms with Gasteiger partial charge < -0.3 is 57.3 Å². The average Bonchev–Trinajstić information content (AvgIpc) is 4.22. The first-order valence-electron chi connectivity index (χ1n) is 27.1. The number of rotatable bonds is 32. The number of Topliss-reactive ketones (excluding diaryl/α,β-unsaturated/α-hetero) is 1. The number of aromatic amines is 2. The van der Waals surface area contributed by atoms with E-state index in [2.05, 4.69) is 46.1 Å². The molecule has 0 bridgehead atoms. The zero-order valence-electron chi connectivity index (χ0n) is 46.6. The van der Waals surface area contributed by atoms with Crippen molar-refractivity contribution in [2.45, 2.75) is 77.8 Å². The van der Waals surface area contributed by atoms with Crippen LogP contribution in [0.2, 0.25) is 0 Å². The number of hydrogen-bond acceptors (Lipinski definition) is 13. The van der Waals surface area contributed by atoms with Crippen LogP contribution in [0.4, 0.5) is 32.4 Å². The normalized spacial score (nSPS) is 13.7. The third kappa shape index (κ3) is 18.6. The minimum Gasteiger partial charge on any atom is -0.488 e. The number of ketones is 1. The lowest BCUT2D eigenvalue weighted by molar-refractivity contribution is -0.945. The van der Waals surface area contributed by atoms with Crippen LogP contribution in [0.3, 0.4) is 0 Å². The van der Waals surface area contributed by atoms with Crippen LogP contribution in [0.15, 0.2) is 73.1 Å². The van der Waals surface area contributed by atoms with Crippen molar-refractivity contribution in [3.8, 4) is 34.1 Å². The lowest BCUT2D eigenvalue weighted by atomic mass is 9.89. The first kappa shape index (κ1) is 64.3. The molecular formula is C58H71F5N10O10. The molecule has 1 aliphatic rings. The molecule has 7 rings (SSSR count). The number of H-pyrrole nitrogens is 2. The Morgan fingerprint density at radius 2 is 1.43 bits per heavy atom. The number of aromatic nitrogens is 5. The minimum atomic E-state index is -2.38. The molecule has 4 aromatic carbocycles. The lowest BCUT2D eigenvalue weighted by Gasteiger charge is -2.41. The fourth-order valence-electron chi connectivity index (χ4n) is 9.61. The van der Waals surface area contributed by atoms with E-state index in [0.717, 1.165) is 82.5 Å². The molecule has 25 heteroatoms. The Kier molecular flexibility index (Phi) is 24.4. The van der Waals surface area contributed by atoms with Crippen LogP contribution in [0.5, 0.6) is 11.5 Å². The van der Waals surface area contributed by atoms with Crippen molar-refractivity contribution in [3.63, 3.8) is 0 Å². The number of anilines is 1. The third-order valence-electron chi connectivity index (χ3n) is 13.9. The van der Waals surface area contributed by atoms with E-state index < -0.39 is 71.1 Å². The van der Waals surface area contributed by atoms with Gasteiger partial charge in [0.1, 0.15) is 37.5 Å². The van der Waals surface area contributed by atoms with Crippen molar-refractivity contribution in [3.05, 3.63) is 115 Å². The van der Waals surface area contributed by atoms with Crippen LogP contribution in [-0.2, 0) is 39.9 Å². The Hall–Kier alpha value is -7.87. The predicted octanol–water partition coefficient (Wildman–Crippen LogP) is 8.28. The number of primary amides is 1. The number of esters is 1. The Balaban J connectivity index is 0.0000111. The number of nitrogens with two attached hydrogens (primary N) is 1. The molecule has 0 spiro atoms. The molecule has 0 radical (unpaired) electrons. The largest absolute Gasteiger partial charge is 0.488 e. The summed E-state index contributed by atoms with van der Waals surface area (Å²) in [4.78, 5) is 68.3. The van der Waals surface area contributed by atoms with Gasteiger partial charge in [-0.05, 0) is 80.5 Å². The highest BCUT2D eigenvalue weighted by Crippen LogP contribution is 2.33. The number of benzene rings is 4. The maximum Gasteiger partial charge on any atom is 0.313 e. The van der Waals surface area contributed by atoms with Crippen molar-refractivity contribution in [1.82, 2.24) is 36.0 Å². The van der Waals surface area contributed by atoms with Crippen LogP contribution in [0.25, 0.3) is 33.5 Å². The molecule has 1 fully saturated rings. The van der Waals surface area contributed by atoms with Crippen LogP contribution in [0, 0.1) is 48.3 Å².